The summed E-state index contributed by atoms with van der Waals surface area (Å²) in [5.41, 5.74) is 13.4. The van der Waals surface area contributed by atoms with Gasteiger partial charge in [0.05, 0.1) is 54.6 Å². The summed E-state index contributed by atoms with van der Waals surface area (Å²) in [6, 6.07) is 27.1. The molecule has 0 spiro atoms. The van der Waals surface area contributed by atoms with E-state index < -0.39 is 6.04 Å². The van der Waals surface area contributed by atoms with E-state index >= 15 is 0 Å². The lowest BCUT2D eigenvalue weighted by atomic mass is 10.0. The number of nitrogens with zero attached hydrogens (tertiary/aromatic N) is 5. The van der Waals surface area contributed by atoms with Gasteiger partial charge >= 0.3 is 0 Å². The Bertz CT molecular complexity index is 2090. The number of aromatic amines is 2. The SMILES string of the molecule is CC(C)[C@H](N)C(=O)N1CCC[C@H]1c1ncc(-c2ccc(C#Cc3ccc(-c4cnc([C@@H]5CCCN5OC[C@@H](c5ccccc5)N5CCCC5)[nH]4)cc3)cc2)[nH]1. The molecule has 0 saturated carbocycles. The molecule has 55 heavy (non-hydrogen) atoms. The molecule has 3 aromatic carbocycles. The van der Waals surface area contributed by atoms with Crippen molar-refractivity contribution in [1.29, 1.82) is 0 Å². The first-order valence-electron chi connectivity index (χ1n) is 20.0. The molecule has 5 aromatic rings. The van der Waals surface area contributed by atoms with Crippen LogP contribution in [0.5, 0.6) is 0 Å². The van der Waals surface area contributed by atoms with Gasteiger partial charge in [-0.2, -0.15) is 5.06 Å². The Labute approximate surface area is 324 Å². The minimum atomic E-state index is -0.496. The van der Waals surface area contributed by atoms with Gasteiger partial charge in [0.1, 0.15) is 11.6 Å². The first kappa shape index (κ1) is 36.9. The van der Waals surface area contributed by atoms with Gasteiger partial charge < -0.3 is 20.6 Å². The Hall–Kier alpha value is -5.05. The average molecular weight is 737 g/mol. The van der Waals surface area contributed by atoms with Crippen molar-refractivity contribution >= 4 is 5.91 Å². The molecule has 3 aliphatic rings. The summed E-state index contributed by atoms with van der Waals surface area (Å²) >= 11 is 0. The van der Waals surface area contributed by atoms with Crippen molar-refractivity contribution in [2.45, 2.75) is 76.5 Å². The molecule has 284 valence electrons. The Morgan fingerprint density at radius 1 is 0.764 bits per heavy atom. The molecule has 4 N–H and O–H groups in total. The minimum Gasteiger partial charge on any atom is -0.341 e. The van der Waals surface area contributed by atoms with Crippen LogP contribution in [0.1, 0.15) is 98.8 Å². The molecule has 5 heterocycles. The molecule has 10 heteroatoms. The number of nitrogens with one attached hydrogen (secondary N) is 2. The summed E-state index contributed by atoms with van der Waals surface area (Å²) in [6.45, 7) is 8.48. The lowest BCUT2D eigenvalue weighted by Crippen LogP contribution is -2.46. The van der Waals surface area contributed by atoms with E-state index in [0.29, 0.717) is 13.2 Å². The van der Waals surface area contributed by atoms with Crippen LogP contribution >= 0.6 is 0 Å². The second kappa shape index (κ2) is 16.8. The third-order valence-corrected chi connectivity index (χ3v) is 11.5. The Balaban J connectivity index is 0.874. The van der Waals surface area contributed by atoms with Crippen molar-refractivity contribution in [1.82, 2.24) is 34.8 Å². The van der Waals surface area contributed by atoms with Gasteiger partial charge in [-0.25, -0.2) is 9.97 Å². The average Bonchev–Trinajstić information content (AvgIpc) is 4.08. The standard InChI is InChI=1S/C45H52N8O2/c1-31(2)42(46)45(54)52-26-8-12-39(52)43-47-28-37(49-43)34-20-16-32(17-21-34)14-15-33-18-22-35(23-19-33)38-29-48-44(50-38)40-13-9-27-53(40)55-30-41(51-24-6-7-25-51)36-10-4-3-5-11-36/h3-5,10-11,16-23,28-29,31,39-42H,6-9,12-13,24-27,30,46H2,1-2H3,(H,47,49)(H,48,50)/t39-,40-,41-,42-/m0/s1. The highest BCUT2D eigenvalue weighted by atomic mass is 16.7. The van der Waals surface area contributed by atoms with Gasteiger partial charge in [-0.1, -0.05) is 80.3 Å². The highest BCUT2D eigenvalue weighted by Crippen LogP contribution is 2.35. The zero-order valence-corrected chi connectivity index (χ0v) is 32.0. The van der Waals surface area contributed by atoms with Gasteiger partial charge in [-0.15, -0.1) is 0 Å². The number of carbonyl (C=O) groups excluding carboxylic acids is 1. The Morgan fingerprint density at radius 2 is 1.33 bits per heavy atom. The molecule has 4 atom stereocenters. The summed E-state index contributed by atoms with van der Waals surface area (Å²) in [4.78, 5) is 40.6. The molecule has 8 rings (SSSR count). The monoisotopic (exact) mass is 736 g/mol. The smallest absolute Gasteiger partial charge is 0.240 e. The molecule has 10 nitrogen and oxygen atoms in total. The van der Waals surface area contributed by atoms with Gasteiger partial charge in [0.15, 0.2) is 0 Å². The zero-order valence-electron chi connectivity index (χ0n) is 32.0. The van der Waals surface area contributed by atoms with Crippen molar-refractivity contribution in [2.75, 3.05) is 32.8 Å². The fraction of sp³-hybridized carbons (Fsp3) is 0.400. The molecule has 2 aromatic heterocycles. The summed E-state index contributed by atoms with van der Waals surface area (Å²) in [5.74, 6) is 8.47. The molecular formula is C45H52N8O2. The molecule has 3 fully saturated rings. The number of likely N-dealkylation sites (tertiary alicyclic amines) is 2. The van der Waals surface area contributed by atoms with E-state index in [1.807, 2.05) is 43.3 Å². The number of H-pyrrole nitrogens is 2. The normalized spacial score (nSPS) is 20.2. The van der Waals surface area contributed by atoms with Crippen LogP contribution in [0.4, 0.5) is 0 Å². The van der Waals surface area contributed by atoms with Gasteiger partial charge in [-0.3, -0.25) is 14.5 Å². The Kier molecular flexibility index (Phi) is 11.2. The number of benzene rings is 3. The topological polar surface area (TPSA) is 119 Å². The molecule has 3 aliphatic heterocycles. The second-order valence-electron chi connectivity index (χ2n) is 15.5. The number of rotatable bonds is 11. The van der Waals surface area contributed by atoms with Crippen LogP contribution in [0.2, 0.25) is 0 Å². The van der Waals surface area contributed by atoms with E-state index in [1.165, 1.54) is 18.4 Å². The van der Waals surface area contributed by atoms with Crippen LogP contribution in [0, 0.1) is 17.8 Å². The Morgan fingerprint density at radius 3 is 1.93 bits per heavy atom. The van der Waals surface area contributed by atoms with Crippen LogP contribution in [0.15, 0.2) is 91.3 Å². The van der Waals surface area contributed by atoms with E-state index in [0.717, 1.165) is 90.6 Å². The minimum absolute atomic E-state index is 0.00127. The summed E-state index contributed by atoms with van der Waals surface area (Å²) in [7, 11) is 0. The lowest BCUT2D eigenvalue weighted by Gasteiger charge is -2.31. The number of amides is 1. The quantitative estimate of drug-likeness (QED) is 0.121. The van der Waals surface area contributed by atoms with Crippen molar-refractivity contribution in [3.63, 3.8) is 0 Å². The summed E-state index contributed by atoms with van der Waals surface area (Å²) in [5, 5.41) is 2.14. The van der Waals surface area contributed by atoms with E-state index in [9.17, 15) is 4.79 Å². The van der Waals surface area contributed by atoms with E-state index in [4.69, 9.17) is 15.6 Å². The molecule has 1 amide bonds. The first-order valence-corrected chi connectivity index (χ1v) is 20.0. The van der Waals surface area contributed by atoms with Crippen LogP contribution < -0.4 is 5.73 Å². The number of nitrogens with two attached hydrogens (primary N) is 1. The van der Waals surface area contributed by atoms with Gasteiger partial charge in [0.2, 0.25) is 5.91 Å². The van der Waals surface area contributed by atoms with Crippen LogP contribution in [0.25, 0.3) is 22.5 Å². The number of imidazole rings is 2. The number of hydrogen-bond acceptors (Lipinski definition) is 7. The van der Waals surface area contributed by atoms with Crippen molar-refractivity contribution in [2.24, 2.45) is 11.7 Å². The van der Waals surface area contributed by atoms with Gasteiger partial charge in [0.25, 0.3) is 0 Å². The molecule has 3 saturated heterocycles. The molecule has 0 radical (unpaired) electrons. The lowest BCUT2D eigenvalue weighted by molar-refractivity contribution is -0.184. The third kappa shape index (κ3) is 8.31. The predicted molar refractivity (Wildman–Crippen MR) is 215 cm³/mol. The summed E-state index contributed by atoms with van der Waals surface area (Å²) in [6.07, 6.45) is 10.2. The van der Waals surface area contributed by atoms with Crippen LogP contribution in [0.3, 0.4) is 0 Å². The highest BCUT2D eigenvalue weighted by Gasteiger charge is 2.35. The maximum Gasteiger partial charge on any atom is 0.240 e. The van der Waals surface area contributed by atoms with Crippen LogP contribution in [-0.4, -0.2) is 79.5 Å². The maximum absolute atomic E-state index is 13.0. The number of hydrogen-bond donors (Lipinski definition) is 3. The van der Waals surface area contributed by atoms with E-state index in [1.54, 1.807) is 0 Å². The number of carbonyl (C=O) groups is 1. The van der Waals surface area contributed by atoms with E-state index in [-0.39, 0.29) is 30.0 Å². The molecular weight excluding hydrogens is 685 g/mol. The molecule has 0 bridgehead atoms. The largest absolute Gasteiger partial charge is 0.341 e. The maximum atomic E-state index is 13.0. The van der Waals surface area contributed by atoms with E-state index in [2.05, 4.69) is 103 Å². The first-order chi connectivity index (χ1) is 26.9. The fourth-order valence-corrected chi connectivity index (χ4v) is 8.18. The number of aromatic nitrogens is 4. The van der Waals surface area contributed by atoms with Crippen molar-refractivity contribution in [3.05, 3.63) is 120 Å². The van der Waals surface area contributed by atoms with Gasteiger partial charge in [0, 0.05) is 24.2 Å². The third-order valence-electron chi connectivity index (χ3n) is 11.5. The van der Waals surface area contributed by atoms with Crippen LogP contribution in [-0.2, 0) is 9.63 Å². The second-order valence-corrected chi connectivity index (χ2v) is 15.5. The van der Waals surface area contributed by atoms with Crippen molar-refractivity contribution in [3.8, 4) is 34.4 Å². The summed E-state index contributed by atoms with van der Waals surface area (Å²) < 4.78 is 0. The highest BCUT2D eigenvalue weighted by molar-refractivity contribution is 5.82. The molecule has 0 aliphatic carbocycles. The van der Waals surface area contributed by atoms with Crippen molar-refractivity contribution < 1.29 is 9.63 Å². The number of hydroxylamine groups is 2. The van der Waals surface area contributed by atoms with Gasteiger partial charge in [-0.05, 0) is 98.5 Å². The zero-order chi connectivity index (χ0) is 37.7. The fourth-order valence-electron chi connectivity index (χ4n) is 8.18. The predicted octanol–water partition coefficient (Wildman–Crippen LogP) is 7.42. The molecule has 0 unspecified atom stereocenters.